The summed E-state index contributed by atoms with van der Waals surface area (Å²) in [5.41, 5.74) is 0. The van der Waals surface area contributed by atoms with E-state index in [1.165, 1.54) is 11.9 Å². The first-order valence-corrected chi connectivity index (χ1v) is 4.75. The van der Waals surface area contributed by atoms with Gasteiger partial charge >= 0.3 is 6.43 Å². The first kappa shape index (κ1) is 11.4. The predicted molar refractivity (Wildman–Crippen MR) is 49.3 cm³/mol. The van der Waals surface area contributed by atoms with Crippen molar-refractivity contribution in [3.8, 4) is 0 Å². The maximum atomic E-state index is 12.1. The fourth-order valence-electron chi connectivity index (χ4n) is 1.72. The van der Waals surface area contributed by atoms with Crippen molar-refractivity contribution < 1.29 is 13.6 Å². The molecule has 14 heavy (non-hydrogen) atoms. The zero-order valence-electron chi connectivity index (χ0n) is 8.54. The molecule has 1 rings (SSSR count). The molecule has 0 aliphatic carbocycles. The van der Waals surface area contributed by atoms with E-state index in [4.69, 9.17) is 0 Å². The van der Waals surface area contributed by atoms with Gasteiger partial charge in [-0.05, 0) is 33.0 Å². The Labute approximate surface area is 82.7 Å². The maximum Gasteiger partial charge on any atom is 0.315 e. The average molecular weight is 206 g/mol. The normalized spacial score (nSPS) is 20.1. The Morgan fingerprint density at radius 3 is 2.36 bits per heavy atom. The van der Waals surface area contributed by atoms with Crippen LogP contribution in [0.2, 0.25) is 0 Å². The van der Waals surface area contributed by atoms with Crippen LogP contribution in [0.3, 0.4) is 0 Å². The van der Waals surface area contributed by atoms with E-state index in [-0.39, 0.29) is 6.04 Å². The van der Waals surface area contributed by atoms with Crippen molar-refractivity contribution in [2.75, 3.05) is 27.2 Å². The first-order valence-electron chi connectivity index (χ1n) is 4.75. The minimum Gasteiger partial charge on any atom is -0.338 e. The van der Waals surface area contributed by atoms with Crippen molar-refractivity contribution >= 4 is 5.91 Å². The minimum atomic E-state index is -2.88. The second-order valence-electron chi connectivity index (χ2n) is 3.78. The van der Waals surface area contributed by atoms with E-state index in [0.29, 0.717) is 0 Å². The van der Waals surface area contributed by atoms with Gasteiger partial charge in [0.15, 0.2) is 0 Å². The van der Waals surface area contributed by atoms with Crippen molar-refractivity contribution in [3.05, 3.63) is 0 Å². The molecule has 0 bridgehead atoms. The summed E-state index contributed by atoms with van der Waals surface area (Å²) in [7, 11) is 3.45. The Hall–Kier alpha value is -0.710. The Kier molecular flexibility index (Phi) is 3.80. The summed E-state index contributed by atoms with van der Waals surface area (Å²) in [4.78, 5) is 14.3. The minimum absolute atomic E-state index is 0.0206. The highest BCUT2D eigenvalue weighted by atomic mass is 19.3. The van der Waals surface area contributed by atoms with Crippen LogP contribution < -0.4 is 0 Å². The number of rotatable bonds is 2. The van der Waals surface area contributed by atoms with Crippen LogP contribution in [0.5, 0.6) is 0 Å². The molecule has 0 radical (unpaired) electrons. The van der Waals surface area contributed by atoms with E-state index < -0.39 is 12.3 Å². The van der Waals surface area contributed by atoms with E-state index in [1.807, 2.05) is 7.05 Å². The Balaban J connectivity index is 2.45. The summed E-state index contributed by atoms with van der Waals surface area (Å²) in [5, 5.41) is 0. The summed E-state index contributed by atoms with van der Waals surface area (Å²) in [6.07, 6.45) is -1.31. The standard InChI is InChI=1S/C9H16F2N2O/c1-12-5-3-7(4-6-12)13(2)9(14)8(10)11/h7-8H,3-6H2,1-2H3. The largest absolute Gasteiger partial charge is 0.338 e. The highest BCUT2D eigenvalue weighted by molar-refractivity contribution is 5.79. The van der Waals surface area contributed by atoms with Gasteiger partial charge in [0.25, 0.3) is 5.91 Å². The molecule has 5 heteroatoms. The Morgan fingerprint density at radius 2 is 1.93 bits per heavy atom. The zero-order chi connectivity index (χ0) is 10.7. The van der Waals surface area contributed by atoms with Crippen molar-refractivity contribution in [1.82, 2.24) is 9.80 Å². The van der Waals surface area contributed by atoms with Crippen LogP contribution in [-0.2, 0) is 4.79 Å². The molecule has 1 fully saturated rings. The molecule has 0 atom stereocenters. The van der Waals surface area contributed by atoms with Crippen molar-refractivity contribution in [2.24, 2.45) is 0 Å². The van der Waals surface area contributed by atoms with Gasteiger partial charge in [-0.3, -0.25) is 4.79 Å². The molecule has 1 heterocycles. The highest BCUT2D eigenvalue weighted by Gasteiger charge is 2.28. The van der Waals surface area contributed by atoms with E-state index in [9.17, 15) is 13.6 Å². The topological polar surface area (TPSA) is 23.6 Å². The average Bonchev–Trinajstić information content (AvgIpc) is 2.16. The molecule has 1 amide bonds. The van der Waals surface area contributed by atoms with Gasteiger partial charge < -0.3 is 9.80 Å². The van der Waals surface area contributed by atoms with E-state index in [2.05, 4.69) is 4.90 Å². The van der Waals surface area contributed by atoms with Gasteiger partial charge in [0.2, 0.25) is 0 Å². The van der Waals surface area contributed by atoms with Crippen molar-refractivity contribution in [1.29, 1.82) is 0 Å². The molecule has 82 valence electrons. The highest BCUT2D eigenvalue weighted by Crippen LogP contribution is 2.15. The van der Waals surface area contributed by atoms with Gasteiger partial charge in [0, 0.05) is 13.1 Å². The summed E-state index contributed by atoms with van der Waals surface area (Å²) in [6.45, 7) is 1.73. The van der Waals surface area contributed by atoms with Crippen LogP contribution in [0.25, 0.3) is 0 Å². The smallest absolute Gasteiger partial charge is 0.315 e. The number of carbonyl (C=O) groups is 1. The lowest BCUT2D eigenvalue weighted by atomic mass is 10.0. The van der Waals surface area contributed by atoms with E-state index in [0.717, 1.165) is 25.9 Å². The van der Waals surface area contributed by atoms with Crippen LogP contribution >= 0.6 is 0 Å². The second-order valence-corrected chi connectivity index (χ2v) is 3.78. The quantitative estimate of drug-likeness (QED) is 0.667. The molecule has 0 unspecified atom stereocenters. The van der Waals surface area contributed by atoms with Gasteiger partial charge in [-0.25, -0.2) is 0 Å². The predicted octanol–water partition coefficient (Wildman–Crippen LogP) is 0.804. The number of piperidine rings is 1. The number of nitrogens with zero attached hydrogens (tertiary/aromatic N) is 2. The van der Waals surface area contributed by atoms with Crippen LogP contribution in [0.15, 0.2) is 0 Å². The lowest BCUT2D eigenvalue weighted by molar-refractivity contribution is -0.144. The molecule has 0 aromatic carbocycles. The number of carbonyl (C=O) groups excluding carboxylic acids is 1. The number of hydrogen-bond donors (Lipinski definition) is 0. The van der Waals surface area contributed by atoms with Gasteiger partial charge in [-0.2, -0.15) is 8.78 Å². The zero-order valence-corrected chi connectivity index (χ0v) is 8.54. The number of halogens is 2. The van der Waals surface area contributed by atoms with Crippen molar-refractivity contribution in [2.45, 2.75) is 25.3 Å². The third kappa shape index (κ3) is 2.64. The third-order valence-electron chi connectivity index (χ3n) is 2.77. The SMILES string of the molecule is CN1CCC(N(C)C(=O)C(F)F)CC1. The third-order valence-corrected chi connectivity index (χ3v) is 2.77. The van der Waals surface area contributed by atoms with Gasteiger partial charge in [-0.15, -0.1) is 0 Å². The molecule has 0 saturated carbocycles. The Morgan fingerprint density at radius 1 is 1.43 bits per heavy atom. The molecule has 1 saturated heterocycles. The first-order chi connectivity index (χ1) is 6.52. The lowest BCUT2D eigenvalue weighted by Crippen LogP contribution is -2.46. The molecule has 0 aromatic heterocycles. The molecular weight excluding hydrogens is 190 g/mol. The molecule has 0 N–H and O–H groups in total. The summed E-state index contributed by atoms with van der Waals surface area (Å²) in [6, 6.07) is -0.0206. The molecular formula is C9H16F2N2O. The van der Waals surface area contributed by atoms with Crippen LogP contribution in [0, 0.1) is 0 Å². The van der Waals surface area contributed by atoms with Crippen LogP contribution in [-0.4, -0.2) is 55.4 Å². The molecule has 0 spiro atoms. The second kappa shape index (κ2) is 4.68. The van der Waals surface area contributed by atoms with E-state index >= 15 is 0 Å². The number of amides is 1. The monoisotopic (exact) mass is 206 g/mol. The molecule has 1 aliphatic heterocycles. The van der Waals surface area contributed by atoms with Crippen molar-refractivity contribution in [3.63, 3.8) is 0 Å². The molecule has 0 aromatic rings. The number of hydrogen-bond acceptors (Lipinski definition) is 2. The van der Waals surface area contributed by atoms with Gasteiger partial charge in [-0.1, -0.05) is 0 Å². The Bertz CT molecular complexity index is 203. The maximum absolute atomic E-state index is 12.1. The molecule has 3 nitrogen and oxygen atoms in total. The van der Waals surface area contributed by atoms with Gasteiger partial charge in [0.1, 0.15) is 0 Å². The summed E-state index contributed by atoms with van der Waals surface area (Å²) in [5.74, 6) is -1.06. The molecule has 1 aliphatic rings. The number of likely N-dealkylation sites (tertiary alicyclic amines) is 1. The lowest BCUT2D eigenvalue weighted by Gasteiger charge is -2.34. The van der Waals surface area contributed by atoms with Crippen LogP contribution in [0.4, 0.5) is 8.78 Å². The number of alkyl halides is 2. The summed E-state index contributed by atoms with van der Waals surface area (Å²) < 4.78 is 24.2. The summed E-state index contributed by atoms with van der Waals surface area (Å²) >= 11 is 0. The fourth-order valence-corrected chi connectivity index (χ4v) is 1.72. The van der Waals surface area contributed by atoms with Gasteiger partial charge in [0.05, 0.1) is 0 Å². The van der Waals surface area contributed by atoms with Crippen LogP contribution in [0.1, 0.15) is 12.8 Å². The van der Waals surface area contributed by atoms with E-state index in [1.54, 1.807) is 0 Å². The fraction of sp³-hybridized carbons (Fsp3) is 0.889.